The number of unbranched alkanes of at least 4 members (excludes halogenated alkanes) is 1. The van der Waals surface area contributed by atoms with E-state index in [1.807, 2.05) is 0 Å². The molecule has 0 spiro atoms. The minimum atomic E-state index is -0.0764. The van der Waals surface area contributed by atoms with Crippen LogP contribution in [0.4, 0.5) is 0 Å². The summed E-state index contributed by atoms with van der Waals surface area (Å²) in [4.78, 5) is 11.6. The maximum Gasteiger partial charge on any atom is 0.310 e. The topological polar surface area (TPSA) is 42.0 Å². The van der Waals surface area contributed by atoms with Crippen LogP contribution in [0.15, 0.2) is 0 Å². The van der Waals surface area contributed by atoms with E-state index in [9.17, 15) is 4.79 Å². The summed E-state index contributed by atoms with van der Waals surface area (Å²) in [7, 11) is 5.29. The Morgan fingerprint density at radius 2 is 2.17 bits per heavy atom. The molecule has 0 aromatic rings. The molecule has 0 N–H and O–H groups in total. The Labute approximate surface area is 110 Å². The molecule has 1 atom stereocenters. The van der Waals surface area contributed by atoms with E-state index in [2.05, 4.69) is 17.1 Å². The third-order valence-electron chi connectivity index (χ3n) is 3.50. The number of hydrogen-bond donors (Lipinski definition) is 0. The number of nitrogens with zero attached hydrogens (tertiary/aromatic N) is 2. The van der Waals surface area contributed by atoms with Crippen LogP contribution in [0.1, 0.15) is 25.7 Å². The molecule has 0 saturated carbocycles. The van der Waals surface area contributed by atoms with Crippen LogP contribution >= 0.6 is 0 Å². The summed E-state index contributed by atoms with van der Waals surface area (Å²) >= 11 is 0. The van der Waals surface area contributed by atoms with E-state index < -0.39 is 0 Å². The zero-order valence-corrected chi connectivity index (χ0v) is 11.9. The van der Waals surface area contributed by atoms with E-state index in [1.165, 1.54) is 7.11 Å². The molecule has 5 heteroatoms. The first-order chi connectivity index (χ1) is 8.69. The molecule has 1 saturated heterocycles. The SMILES string of the molecule is COCCCCN(C)N1CCCC(C(=O)OC)C1. The summed E-state index contributed by atoms with van der Waals surface area (Å²) in [5.74, 6) is -0.0438. The molecule has 1 rings (SSSR count). The van der Waals surface area contributed by atoms with Gasteiger partial charge < -0.3 is 9.47 Å². The van der Waals surface area contributed by atoms with Crippen LogP contribution in [-0.4, -0.2) is 63.5 Å². The molecule has 1 fully saturated rings. The first kappa shape index (κ1) is 15.4. The minimum Gasteiger partial charge on any atom is -0.469 e. The molecular formula is C13H26N2O3. The quantitative estimate of drug-likeness (QED) is 0.506. The van der Waals surface area contributed by atoms with Crippen molar-refractivity contribution >= 4 is 5.97 Å². The van der Waals surface area contributed by atoms with Gasteiger partial charge in [-0.05, 0) is 25.7 Å². The second-order valence-corrected chi connectivity index (χ2v) is 4.86. The van der Waals surface area contributed by atoms with Crippen molar-refractivity contribution in [2.75, 3.05) is 47.5 Å². The van der Waals surface area contributed by atoms with Gasteiger partial charge in [0, 0.05) is 40.4 Å². The van der Waals surface area contributed by atoms with E-state index in [0.29, 0.717) is 0 Å². The highest BCUT2D eigenvalue weighted by atomic mass is 16.5. The number of hydrogen-bond acceptors (Lipinski definition) is 5. The molecule has 0 bridgehead atoms. The number of carbonyl (C=O) groups is 1. The number of carbonyl (C=O) groups excluding carboxylic acids is 1. The number of piperidine rings is 1. The number of ether oxygens (including phenoxy) is 2. The number of rotatable bonds is 7. The third kappa shape index (κ3) is 4.92. The number of hydrazine groups is 1. The largest absolute Gasteiger partial charge is 0.469 e. The monoisotopic (exact) mass is 258 g/mol. The van der Waals surface area contributed by atoms with Gasteiger partial charge in [-0.1, -0.05) is 0 Å². The van der Waals surface area contributed by atoms with Gasteiger partial charge in [-0.3, -0.25) is 4.79 Å². The van der Waals surface area contributed by atoms with E-state index in [0.717, 1.165) is 51.9 Å². The highest BCUT2D eigenvalue weighted by Gasteiger charge is 2.27. The number of methoxy groups -OCH3 is 2. The van der Waals surface area contributed by atoms with Gasteiger partial charge in [-0.15, -0.1) is 0 Å². The molecule has 0 aromatic carbocycles. The van der Waals surface area contributed by atoms with Crippen LogP contribution in [-0.2, 0) is 14.3 Å². The summed E-state index contributed by atoms with van der Waals surface area (Å²) in [6, 6.07) is 0. The second-order valence-electron chi connectivity index (χ2n) is 4.86. The van der Waals surface area contributed by atoms with Crippen molar-refractivity contribution in [2.24, 2.45) is 5.92 Å². The lowest BCUT2D eigenvalue weighted by Gasteiger charge is -2.37. The van der Waals surface area contributed by atoms with Gasteiger partial charge in [0.1, 0.15) is 0 Å². The second kappa shape index (κ2) is 8.45. The van der Waals surface area contributed by atoms with Crippen molar-refractivity contribution in [2.45, 2.75) is 25.7 Å². The lowest BCUT2D eigenvalue weighted by atomic mass is 9.99. The predicted molar refractivity (Wildman–Crippen MR) is 70.1 cm³/mol. The molecule has 0 amide bonds. The summed E-state index contributed by atoms with van der Waals surface area (Å²) in [5, 5.41) is 4.49. The Morgan fingerprint density at radius 1 is 1.39 bits per heavy atom. The Morgan fingerprint density at radius 3 is 2.83 bits per heavy atom. The minimum absolute atomic E-state index is 0.0326. The zero-order valence-electron chi connectivity index (χ0n) is 11.9. The van der Waals surface area contributed by atoms with Crippen molar-refractivity contribution < 1.29 is 14.3 Å². The lowest BCUT2D eigenvalue weighted by Crippen LogP contribution is -2.48. The first-order valence-electron chi connectivity index (χ1n) is 6.71. The van der Waals surface area contributed by atoms with Crippen LogP contribution in [0.25, 0.3) is 0 Å². The van der Waals surface area contributed by atoms with E-state index >= 15 is 0 Å². The summed E-state index contributed by atoms with van der Waals surface area (Å²) in [5.41, 5.74) is 0. The highest BCUT2D eigenvalue weighted by Crippen LogP contribution is 2.18. The van der Waals surface area contributed by atoms with Crippen molar-refractivity contribution in [1.29, 1.82) is 0 Å². The Bertz CT molecular complexity index is 248. The fraction of sp³-hybridized carbons (Fsp3) is 0.923. The smallest absolute Gasteiger partial charge is 0.310 e. The van der Waals surface area contributed by atoms with Crippen LogP contribution < -0.4 is 0 Å². The van der Waals surface area contributed by atoms with Gasteiger partial charge >= 0.3 is 5.97 Å². The zero-order chi connectivity index (χ0) is 13.4. The summed E-state index contributed by atoms with van der Waals surface area (Å²) < 4.78 is 9.87. The predicted octanol–water partition coefficient (Wildman–Crippen LogP) is 1.14. The molecule has 106 valence electrons. The Hall–Kier alpha value is -0.650. The molecule has 1 unspecified atom stereocenters. The molecule has 1 aliphatic rings. The van der Waals surface area contributed by atoms with Gasteiger partial charge in [0.2, 0.25) is 0 Å². The van der Waals surface area contributed by atoms with Crippen LogP contribution in [0.3, 0.4) is 0 Å². The van der Waals surface area contributed by atoms with Crippen molar-refractivity contribution in [1.82, 2.24) is 10.0 Å². The van der Waals surface area contributed by atoms with Crippen molar-refractivity contribution in [3.8, 4) is 0 Å². The summed E-state index contributed by atoms with van der Waals surface area (Å²) in [6.07, 6.45) is 4.20. The van der Waals surface area contributed by atoms with Gasteiger partial charge in [0.05, 0.1) is 13.0 Å². The lowest BCUT2D eigenvalue weighted by molar-refractivity contribution is -0.150. The third-order valence-corrected chi connectivity index (χ3v) is 3.50. The highest BCUT2D eigenvalue weighted by molar-refractivity contribution is 5.72. The maximum absolute atomic E-state index is 11.6. The molecule has 1 aliphatic heterocycles. The molecule has 18 heavy (non-hydrogen) atoms. The standard InChI is InChI=1S/C13H26N2O3/c1-14(8-4-5-10-17-2)15-9-6-7-12(11-15)13(16)18-3/h12H,4-11H2,1-3H3. The fourth-order valence-corrected chi connectivity index (χ4v) is 2.35. The van der Waals surface area contributed by atoms with Crippen molar-refractivity contribution in [3.63, 3.8) is 0 Å². The average Bonchev–Trinajstić information content (AvgIpc) is 2.42. The maximum atomic E-state index is 11.6. The van der Waals surface area contributed by atoms with Crippen LogP contribution in [0.5, 0.6) is 0 Å². The molecule has 0 aromatic heterocycles. The van der Waals surface area contributed by atoms with E-state index in [-0.39, 0.29) is 11.9 Å². The van der Waals surface area contributed by atoms with Gasteiger partial charge in [0.15, 0.2) is 0 Å². The van der Waals surface area contributed by atoms with Gasteiger partial charge in [-0.25, -0.2) is 10.0 Å². The molecule has 0 aliphatic carbocycles. The van der Waals surface area contributed by atoms with Crippen LogP contribution in [0.2, 0.25) is 0 Å². The molecular weight excluding hydrogens is 232 g/mol. The van der Waals surface area contributed by atoms with E-state index in [1.54, 1.807) is 7.11 Å². The first-order valence-corrected chi connectivity index (χ1v) is 6.71. The Balaban J connectivity index is 2.29. The van der Waals surface area contributed by atoms with Crippen LogP contribution in [0, 0.1) is 5.92 Å². The number of esters is 1. The van der Waals surface area contributed by atoms with E-state index in [4.69, 9.17) is 9.47 Å². The van der Waals surface area contributed by atoms with Gasteiger partial charge in [0.25, 0.3) is 0 Å². The van der Waals surface area contributed by atoms with Gasteiger partial charge in [-0.2, -0.15) is 0 Å². The average molecular weight is 258 g/mol. The molecule has 5 nitrogen and oxygen atoms in total. The van der Waals surface area contributed by atoms with Crippen molar-refractivity contribution in [3.05, 3.63) is 0 Å². The fourth-order valence-electron chi connectivity index (χ4n) is 2.35. The summed E-state index contributed by atoms with van der Waals surface area (Å²) in [6.45, 7) is 3.65. The normalized spacial score (nSPS) is 21.2. The molecule has 1 heterocycles. The Kier molecular flexibility index (Phi) is 7.23. The molecule has 0 radical (unpaired) electrons.